The summed E-state index contributed by atoms with van der Waals surface area (Å²) in [4.78, 5) is 31.7. The zero-order valence-corrected chi connectivity index (χ0v) is 14.7. The van der Waals surface area contributed by atoms with Gasteiger partial charge in [-0.3, -0.25) is 14.3 Å². The number of H-pyrrole nitrogens is 1. The minimum absolute atomic E-state index is 0.209. The number of hydrogen-bond acceptors (Lipinski definition) is 4. The normalized spacial score (nSPS) is 11.5. The summed E-state index contributed by atoms with van der Waals surface area (Å²) >= 11 is 1.44. The van der Waals surface area contributed by atoms with E-state index < -0.39 is 0 Å². The molecule has 0 amide bonds. The van der Waals surface area contributed by atoms with Gasteiger partial charge in [0, 0.05) is 18.0 Å². The van der Waals surface area contributed by atoms with Crippen molar-refractivity contribution in [1.29, 1.82) is 0 Å². The van der Waals surface area contributed by atoms with Gasteiger partial charge in [0.05, 0.1) is 5.39 Å². The number of fused-ring (bicyclic) bond motifs is 1. The number of benzene rings is 1. The maximum Gasteiger partial charge on any atom is 0.329 e. The zero-order valence-electron chi connectivity index (χ0n) is 13.9. The quantitative estimate of drug-likeness (QED) is 0.749. The highest BCUT2D eigenvalue weighted by Gasteiger charge is 2.12. The molecule has 3 aromatic rings. The van der Waals surface area contributed by atoms with Gasteiger partial charge in [0.15, 0.2) is 0 Å². The Kier molecular flexibility index (Phi) is 4.97. The van der Waals surface area contributed by atoms with Gasteiger partial charge in [0.1, 0.15) is 4.83 Å². The maximum atomic E-state index is 12.7. The second-order valence-corrected chi connectivity index (χ2v) is 6.69. The van der Waals surface area contributed by atoms with E-state index >= 15 is 0 Å². The molecule has 0 unspecified atom stereocenters. The number of nitrogens with zero attached hydrogens (tertiary/aromatic N) is 2. The number of thiophene rings is 1. The van der Waals surface area contributed by atoms with E-state index in [2.05, 4.69) is 23.7 Å². The highest BCUT2D eigenvalue weighted by atomic mass is 32.1. The Bertz CT molecular complexity index is 936. The third-order valence-corrected chi connectivity index (χ3v) is 5.37. The first-order valence-corrected chi connectivity index (χ1v) is 9.00. The molecule has 0 aliphatic carbocycles. The number of hydrogen-bond donors (Lipinski definition) is 1. The van der Waals surface area contributed by atoms with Crippen molar-refractivity contribution >= 4 is 21.6 Å². The van der Waals surface area contributed by atoms with Gasteiger partial charge in [0.25, 0.3) is 5.56 Å². The molecule has 0 spiro atoms. The summed E-state index contributed by atoms with van der Waals surface area (Å²) in [5.41, 5.74) is 0.508. The molecule has 24 heavy (non-hydrogen) atoms. The van der Waals surface area contributed by atoms with E-state index in [0.717, 1.165) is 23.5 Å². The van der Waals surface area contributed by atoms with Crippen LogP contribution in [-0.2, 0) is 6.54 Å². The van der Waals surface area contributed by atoms with Crippen molar-refractivity contribution < 1.29 is 0 Å². The lowest BCUT2D eigenvalue weighted by Gasteiger charge is -2.17. The van der Waals surface area contributed by atoms with Crippen molar-refractivity contribution in [2.24, 2.45) is 0 Å². The highest BCUT2D eigenvalue weighted by molar-refractivity contribution is 7.21. The minimum atomic E-state index is -0.332. The molecular weight excluding hydrogens is 322 g/mol. The second-order valence-electron chi connectivity index (χ2n) is 5.63. The van der Waals surface area contributed by atoms with Gasteiger partial charge in [-0.2, -0.15) is 0 Å². The average molecular weight is 343 g/mol. The van der Waals surface area contributed by atoms with Crippen molar-refractivity contribution in [3.05, 3.63) is 57.2 Å². The first-order valence-electron chi connectivity index (χ1n) is 8.18. The number of aromatic nitrogens is 2. The van der Waals surface area contributed by atoms with Crippen LogP contribution in [0.2, 0.25) is 0 Å². The number of rotatable bonds is 6. The summed E-state index contributed by atoms with van der Waals surface area (Å²) in [6.07, 6.45) is 0. The lowest BCUT2D eigenvalue weighted by atomic mass is 10.2. The van der Waals surface area contributed by atoms with E-state index in [9.17, 15) is 9.59 Å². The Hall–Kier alpha value is -2.18. The first-order chi connectivity index (χ1) is 11.6. The third-order valence-electron chi connectivity index (χ3n) is 4.27. The molecule has 0 atom stereocenters. The fourth-order valence-corrected chi connectivity index (χ4v) is 3.82. The summed E-state index contributed by atoms with van der Waals surface area (Å²) in [6.45, 7) is 7.05. The molecule has 0 fully saturated rings. The van der Waals surface area contributed by atoms with Crippen LogP contribution in [0.15, 0.2) is 46.0 Å². The van der Waals surface area contributed by atoms with E-state index in [0.29, 0.717) is 23.3 Å². The highest BCUT2D eigenvalue weighted by Crippen LogP contribution is 2.30. The van der Waals surface area contributed by atoms with Gasteiger partial charge >= 0.3 is 5.69 Å². The van der Waals surface area contributed by atoms with E-state index in [4.69, 9.17) is 0 Å². The van der Waals surface area contributed by atoms with Crippen LogP contribution in [-0.4, -0.2) is 34.1 Å². The molecular formula is C18H21N3O2S. The van der Waals surface area contributed by atoms with E-state index in [1.165, 1.54) is 15.9 Å². The van der Waals surface area contributed by atoms with Gasteiger partial charge in [-0.25, -0.2) is 4.79 Å². The molecule has 3 rings (SSSR count). The predicted octanol–water partition coefficient (Wildman–Crippen LogP) is 2.76. The molecule has 126 valence electrons. The predicted molar refractivity (Wildman–Crippen MR) is 99.9 cm³/mol. The van der Waals surface area contributed by atoms with Crippen LogP contribution in [0, 0.1) is 0 Å². The molecule has 0 saturated carbocycles. The molecule has 1 N–H and O–H groups in total. The summed E-state index contributed by atoms with van der Waals surface area (Å²) < 4.78 is 1.31. The lowest BCUT2D eigenvalue weighted by Crippen LogP contribution is -2.38. The van der Waals surface area contributed by atoms with Gasteiger partial charge in [-0.15, -0.1) is 11.3 Å². The fraction of sp³-hybridized carbons (Fsp3) is 0.333. The summed E-state index contributed by atoms with van der Waals surface area (Å²) in [5, 5.41) is 0.581. The first kappa shape index (κ1) is 16.7. The van der Waals surface area contributed by atoms with Crippen molar-refractivity contribution in [1.82, 2.24) is 14.5 Å². The Morgan fingerprint density at radius 1 is 1.12 bits per heavy atom. The molecule has 5 nitrogen and oxygen atoms in total. The Morgan fingerprint density at radius 3 is 2.50 bits per heavy atom. The van der Waals surface area contributed by atoms with Crippen LogP contribution in [0.25, 0.3) is 20.7 Å². The second kappa shape index (κ2) is 7.15. The van der Waals surface area contributed by atoms with Gasteiger partial charge in [-0.1, -0.05) is 44.2 Å². The van der Waals surface area contributed by atoms with Gasteiger partial charge < -0.3 is 4.90 Å². The van der Waals surface area contributed by atoms with Crippen LogP contribution >= 0.6 is 11.3 Å². The average Bonchev–Trinajstić information content (AvgIpc) is 3.03. The molecule has 6 heteroatoms. The number of nitrogens with one attached hydrogen (secondary N) is 1. The number of likely N-dealkylation sites (N-methyl/N-ethyl adjacent to an activating group) is 1. The molecule has 1 aromatic carbocycles. The Morgan fingerprint density at radius 2 is 1.83 bits per heavy atom. The van der Waals surface area contributed by atoms with Crippen LogP contribution in [0.5, 0.6) is 0 Å². The fourth-order valence-electron chi connectivity index (χ4n) is 2.77. The number of aromatic amines is 1. The largest absolute Gasteiger partial charge is 0.329 e. The summed E-state index contributed by atoms with van der Waals surface area (Å²) in [5.74, 6) is 0. The summed E-state index contributed by atoms with van der Waals surface area (Å²) in [6, 6.07) is 11.8. The lowest BCUT2D eigenvalue weighted by molar-refractivity contribution is 0.287. The maximum absolute atomic E-state index is 12.7. The van der Waals surface area contributed by atoms with Crippen LogP contribution in [0.4, 0.5) is 0 Å². The zero-order chi connectivity index (χ0) is 17.1. The molecule has 2 aromatic heterocycles. The molecule has 2 heterocycles. The third kappa shape index (κ3) is 3.20. The Labute approximate surface area is 144 Å². The molecule has 0 radical (unpaired) electrons. The van der Waals surface area contributed by atoms with Crippen molar-refractivity contribution in [2.75, 3.05) is 19.6 Å². The van der Waals surface area contributed by atoms with Crippen LogP contribution in [0.3, 0.4) is 0 Å². The monoisotopic (exact) mass is 343 g/mol. The van der Waals surface area contributed by atoms with Crippen LogP contribution in [0.1, 0.15) is 13.8 Å². The smallest absolute Gasteiger partial charge is 0.302 e. The topological polar surface area (TPSA) is 58.1 Å². The molecule has 0 bridgehead atoms. The van der Waals surface area contributed by atoms with E-state index in [-0.39, 0.29) is 11.2 Å². The summed E-state index contributed by atoms with van der Waals surface area (Å²) in [7, 11) is 0. The molecule has 0 aliphatic rings. The van der Waals surface area contributed by atoms with Crippen molar-refractivity contribution in [3.8, 4) is 10.4 Å². The van der Waals surface area contributed by atoms with Crippen LogP contribution < -0.4 is 11.2 Å². The van der Waals surface area contributed by atoms with Gasteiger partial charge in [-0.05, 0) is 24.7 Å². The SMILES string of the molecule is CCN(CC)CCn1c(=O)[nH]c2sc(-c3ccccc3)cc2c1=O. The Balaban J connectivity index is 2.01. The molecule has 0 saturated heterocycles. The van der Waals surface area contributed by atoms with Gasteiger partial charge in [0.2, 0.25) is 0 Å². The molecule has 0 aliphatic heterocycles. The standard InChI is InChI=1S/C18H21N3O2S/c1-3-20(4-2)10-11-21-17(22)14-12-15(13-8-6-5-7-9-13)24-16(14)19-18(21)23/h5-9,12H,3-4,10-11H2,1-2H3,(H,19,23). The van der Waals surface area contributed by atoms with Crippen molar-refractivity contribution in [2.45, 2.75) is 20.4 Å². The van der Waals surface area contributed by atoms with Crippen molar-refractivity contribution in [3.63, 3.8) is 0 Å². The minimum Gasteiger partial charge on any atom is -0.302 e. The van der Waals surface area contributed by atoms with E-state index in [1.807, 2.05) is 36.4 Å². The van der Waals surface area contributed by atoms with E-state index in [1.54, 1.807) is 0 Å².